The Balaban J connectivity index is 2.15. The number of primary amides is 1. The van der Waals surface area contributed by atoms with Crippen molar-refractivity contribution in [2.75, 3.05) is 24.6 Å². The standard InChI is InChI=1S/C11H21N3O4S/c12-10(15)3-1-2-4-14-11(16)7-9-8-19(17,18)6-5-13-9/h9,13H,1-8H2,(H2,12,15)(H,14,16). The van der Waals surface area contributed by atoms with Crippen LogP contribution in [0, 0.1) is 0 Å². The predicted octanol–water partition coefficient (Wildman–Crippen LogP) is -1.47. The van der Waals surface area contributed by atoms with Gasteiger partial charge in [0.1, 0.15) is 0 Å². The number of carbonyl (C=O) groups is 2. The summed E-state index contributed by atoms with van der Waals surface area (Å²) in [5.41, 5.74) is 4.99. The van der Waals surface area contributed by atoms with Gasteiger partial charge in [0.25, 0.3) is 0 Å². The molecule has 2 amide bonds. The maximum Gasteiger partial charge on any atom is 0.221 e. The van der Waals surface area contributed by atoms with E-state index in [-0.39, 0.29) is 35.8 Å². The maximum atomic E-state index is 11.6. The molecule has 1 rings (SSSR count). The van der Waals surface area contributed by atoms with Crippen LogP contribution in [0.4, 0.5) is 0 Å². The van der Waals surface area contributed by atoms with E-state index in [0.717, 1.165) is 0 Å². The highest BCUT2D eigenvalue weighted by molar-refractivity contribution is 7.91. The van der Waals surface area contributed by atoms with E-state index >= 15 is 0 Å². The Kier molecular flexibility index (Phi) is 6.23. The summed E-state index contributed by atoms with van der Waals surface area (Å²) in [5.74, 6) is -0.364. The molecule has 0 aromatic carbocycles. The van der Waals surface area contributed by atoms with Crippen LogP contribution in [0.2, 0.25) is 0 Å². The van der Waals surface area contributed by atoms with Crippen molar-refractivity contribution in [2.24, 2.45) is 5.73 Å². The summed E-state index contributed by atoms with van der Waals surface area (Å²) >= 11 is 0. The maximum absolute atomic E-state index is 11.6. The van der Waals surface area contributed by atoms with E-state index in [0.29, 0.717) is 32.4 Å². The van der Waals surface area contributed by atoms with Crippen molar-refractivity contribution in [3.8, 4) is 0 Å². The molecule has 4 N–H and O–H groups in total. The summed E-state index contributed by atoms with van der Waals surface area (Å²) in [6.07, 6.45) is 1.81. The Hall–Kier alpha value is -1.15. The van der Waals surface area contributed by atoms with E-state index in [1.807, 2.05) is 0 Å². The van der Waals surface area contributed by atoms with Gasteiger partial charge in [-0.2, -0.15) is 0 Å². The Morgan fingerprint density at radius 3 is 2.68 bits per heavy atom. The van der Waals surface area contributed by atoms with E-state index in [2.05, 4.69) is 10.6 Å². The molecule has 0 aliphatic carbocycles. The third kappa shape index (κ3) is 7.12. The highest BCUT2D eigenvalue weighted by Gasteiger charge is 2.25. The van der Waals surface area contributed by atoms with Crippen LogP contribution in [0.15, 0.2) is 0 Å². The lowest BCUT2D eigenvalue weighted by Crippen LogP contribution is -2.47. The molecule has 0 aromatic heterocycles. The largest absolute Gasteiger partial charge is 0.370 e. The van der Waals surface area contributed by atoms with Crippen LogP contribution in [0.1, 0.15) is 25.7 Å². The summed E-state index contributed by atoms with van der Waals surface area (Å²) in [5, 5.41) is 5.73. The third-order valence-corrected chi connectivity index (χ3v) is 4.64. The Labute approximate surface area is 113 Å². The van der Waals surface area contributed by atoms with Gasteiger partial charge in [-0.1, -0.05) is 0 Å². The molecule has 1 unspecified atom stereocenters. The van der Waals surface area contributed by atoms with E-state index in [9.17, 15) is 18.0 Å². The molecule has 1 heterocycles. The molecule has 1 aliphatic heterocycles. The van der Waals surface area contributed by atoms with Gasteiger partial charge in [-0.05, 0) is 12.8 Å². The highest BCUT2D eigenvalue weighted by atomic mass is 32.2. The van der Waals surface area contributed by atoms with E-state index in [1.54, 1.807) is 0 Å². The SMILES string of the molecule is NC(=O)CCCCNC(=O)CC1CS(=O)(=O)CCN1. The quantitative estimate of drug-likeness (QED) is 0.495. The van der Waals surface area contributed by atoms with Gasteiger partial charge < -0.3 is 16.4 Å². The average Bonchev–Trinajstić information content (AvgIpc) is 2.26. The smallest absolute Gasteiger partial charge is 0.221 e. The summed E-state index contributed by atoms with van der Waals surface area (Å²) in [6.45, 7) is 0.879. The molecule has 1 aliphatic rings. The number of hydrogen-bond acceptors (Lipinski definition) is 5. The second kappa shape index (κ2) is 7.44. The van der Waals surface area contributed by atoms with E-state index in [4.69, 9.17) is 5.73 Å². The molecule has 0 spiro atoms. The molecule has 7 nitrogen and oxygen atoms in total. The lowest BCUT2D eigenvalue weighted by atomic mass is 10.2. The number of sulfone groups is 1. The molecule has 8 heteroatoms. The fraction of sp³-hybridized carbons (Fsp3) is 0.818. The van der Waals surface area contributed by atoms with Gasteiger partial charge in [-0.15, -0.1) is 0 Å². The van der Waals surface area contributed by atoms with Crippen LogP contribution in [0.25, 0.3) is 0 Å². The molecule has 1 fully saturated rings. The first-order valence-electron chi connectivity index (χ1n) is 6.38. The lowest BCUT2D eigenvalue weighted by Gasteiger charge is -2.23. The topological polar surface area (TPSA) is 118 Å². The first-order valence-corrected chi connectivity index (χ1v) is 8.20. The van der Waals surface area contributed by atoms with Crippen LogP contribution in [0.5, 0.6) is 0 Å². The summed E-state index contributed by atoms with van der Waals surface area (Å²) in [7, 11) is -3.01. The number of nitrogens with one attached hydrogen (secondary N) is 2. The molecule has 110 valence electrons. The van der Waals surface area contributed by atoms with E-state index < -0.39 is 9.84 Å². The van der Waals surface area contributed by atoms with Crippen molar-refractivity contribution >= 4 is 21.7 Å². The van der Waals surface area contributed by atoms with Crippen molar-refractivity contribution < 1.29 is 18.0 Å². The van der Waals surface area contributed by atoms with Gasteiger partial charge in [-0.25, -0.2) is 8.42 Å². The van der Waals surface area contributed by atoms with Crippen LogP contribution >= 0.6 is 0 Å². The van der Waals surface area contributed by atoms with Crippen molar-refractivity contribution in [3.05, 3.63) is 0 Å². The Morgan fingerprint density at radius 1 is 1.32 bits per heavy atom. The van der Waals surface area contributed by atoms with Gasteiger partial charge in [0.2, 0.25) is 11.8 Å². The number of amides is 2. The van der Waals surface area contributed by atoms with Gasteiger partial charge in [0.05, 0.1) is 11.5 Å². The number of rotatable bonds is 7. The normalized spacial score (nSPS) is 21.8. The van der Waals surface area contributed by atoms with Gasteiger partial charge in [-0.3, -0.25) is 9.59 Å². The summed E-state index contributed by atoms with van der Waals surface area (Å²) < 4.78 is 22.8. The molecule has 0 bridgehead atoms. The van der Waals surface area contributed by atoms with Crippen molar-refractivity contribution in [2.45, 2.75) is 31.7 Å². The summed E-state index contributed by atoms with van der Waals surface area (Å²) in [4.78, 5) is 22.1. The third-order valence-electron chi connectivity index (χ3n) is 2.91. The first kappa shape index (κ1) is 15.9. The van der Waals surface area contributed by atoms with Gasteiger partial charge in [0.15, 0.2) is 9.84 Å². The monoisotopic (exact) mass is 291 g/mol. The fourth-order valence-electron chi connectivity index (χ4n) is 1.95. The minimum atomic E-state index is -3.01. The second-order valence-corrected chi connectivity index (χ2v) is 6.97. The number of nitrogens with two attached hydrogens (primary N) is 1. The molecule has 0 radical (unpaired) electrons. The molecular weight excluding hydrogens is 270 g/mol. The zero-order valence-corrected chi connectivity index (χ0v) is 11.7. The lowest BCUT2D eigenvalue weighted by molar-refractivity contribution is -0.121. The molecule has 1 saturated heterocycles. The number of unbranched alkanes of at least 4 members (excludes halogenated alkanes) is 1. The first-order chi connectivity index (χ1) is 8.89. The van der Waals surface area contributed by atoms with Crippen LogP contribution in [0.3, 0.4) is 0 Å². The molecule has 19 heavy (non-hydrogen) atoms. The van der Waals surface area contributed by atoms with Crippen LogP contribution in [-0.4, -0.2) is 50.9 Å². The Bertz CT molecular complexity index is 422. The average molecular weight is 291 g/mol. The Morgan fingerprint density at radius 2 is 2.05 bits per heavy atom. The highest BCUT2D eigenvalue weighted by Crippen LogP contribution is 2.04. The predicted molar refractivity (Wildman–Crippen MR) is 71.1 cm³/mol. The zero-order valence-electron chi connectivity index (χ0n) is 10.9. The number of hydrogen-bond donors (Lipinski definition) is 3. The molecule has 0 saturated carbocycles. The van der Waals surface area contributed by atoms with E-state index in [1.165, 1.54) is 0 Å². The van der Waals surface area contributed by atoms with Crippen LogP contribution < -0.4 is 16.4 Å². The van der Waals surface area contributed by atoms with Gasteiger partial charge in [0, 0.05) is 32.0 Å². The molecule has 1 atom stereocenters. The minimum absolute atomic E-state index is 0.0160. The second-order valence-electron chi connectivity index (χ2n) is 4.74. The van der Waals surface area contributed by atoms with Gasteiger partial charge >= 0.3 is 0 Å². The van der Waals surface area contributed by atoms with Crippen molar-refractivity contribution in [1.82, 2.24) is 10.6 Å². The van der Waals surface area contributed by atoms with Crippen molar-refractivity contribution in [1.29, 1.82) is 0 Å². The van der Waals surface area contributed by atoms with Crippen molar-refractivity contribution in [3.63, 3.8) is 0 Å². The minimum Gasteiger partial charge on any atom is -0.370 e. The zero-order chi connectivity index (χ0) is 14.3. The number of carbonyl (C=O) groups excluding carboxylic acids is 2. The van der Waals surface area contributed by atoms with Crippen LogP contribution in [-0.2, 0) is 19.4 Å². The molecule has 0 aromatic rings. The fourth-order valence-corrected chi connectivity index (χ4v) is 3.39. The molecular formula is C11H21N3O4S. The summed E-state index contributed by atoms with van der Waals surface area (Å²) in [6, 6.07) is -0.302.